The molecule has 164 valence electrons. The number of carbonyl (C=O) groups is 2. The number of amides is 1. The summed E-state index contributed by atoms with van der Waals surface area (Å²) in [6, 6.07) is 21.4. The van der Waals surface area contributed by atoms with Crippen molar-refractivity contribution in [2.24, 2.45) is 0 Å². The molecule has 6 heteroatoms. The predicted molar refractivity (Wildman–Crippen MR) is 128 cm³/mol. The van der Waals surface area contributed by atoms with E-state index in [1.807, 2.05) is 36.2 Å². The van der Waals surface area contributed by atoms with Gasteiger partial charge in [0.1, 0.15) is 5.75 Å². The Balaban J connectivity index is 1.60. The predicted octanol–water partition coefficient (Wildman–Crippen LogP) is 4.27. The first-order chi connectivity index (χ1) is 15.5. The van der Waals surface area contributed by atoms with Crippen molar-refractivity contribution in [1.29, 1.82) is 0 Å². The third-order valence-electron chi connectivity index (χ3n) is 4.96. The van der Waals surface area contributed by atoms with Gasteiger partial charge in [0.2, 0.25) is 0 Å². The molecule has 0 spiro atoms. The van der Waals surface area contributed by atoms with Crippen LogP contribution in [0.5, 0.6) is 5.75 Å². The van der Waals surface area contributed by atoms with Crippen LogP contribution in [-0.4, -0.2) is 44.1 Å². The number of nitrogens with one attached hydrogen (secondary N) is 1. The van der Waals surface area contributed by atoms with Gasteiger partial charge in [0.05, 0.1) is 13.7 Å². The summed E-state index contributed by atoms with van der Waals surface area (Å²) in [5.74, 6) is 0.227. The molecule has 0 aliphatic heterocycles. The summed E-state index contributed by atoms with van der Waals surface area (Å²) in [5.41, 5.74) is 3.51. The maximum absolute atomic E-state index is 12.5. The van der Waals surface area contributed by atoms with Crippen molar-refractivity contribution in [2.75, 3.05) is 37.5 Å². The molecular formula is C26H26N2O4. The molecule has 3 aromatic rings. The fourth-order valence-corrected chi connectivity index (χ4v) is 3.07. The summed E-state index contributed by atoms with van der Waals surface area (Å²) in [6.45, 7) is 0.653. The van der Waals surface area contributed by atoms with Crippen molar-refractivity contribution < 1.29 is 19.4 Å². The quantitative estimate of drug-likeness (QED) is 0.392. The first-order valence-electron chi connectivity index (χ1n) is 10.2. The van der Waals surface area contributed by atoms with Gasteiger partial charge in [0.25, 0.3) is 5.91 Å². The van der Waals surface area contributed by atoms with Gasteiger partial charge < -0.3 is 20.1 Å². The van der Waals surface area contributed by atoms with Gasteiger partial charge in [0, 0.05) is 36.1 Å². The Hall–Kier alpha value is -3.90. The molecule has 0 bridgehead atoms. The van der Waals surface area contributed by atoms with Crippen molar-refractivity contribution in [2.45, 2.75) is 0 Å². The van der Waals surface area contributed by atoms with Crippen LogP contribution in [-0.2, 0) is 0 Å². The zero-order valence-electron chi connectivity index (χ0n) is 18.1. The van der Waals surface area contributed by atoms with Crippen LogP contribution in [0.3, 0.4) is 0 Å². The van der Waals surface area contributed by atoms with E-state index >= 15 is 0 Å². The van der Waals surface area contributed by atoms with Crippen molar-refractivity contribution in [1.82, 2.24) is 0 Å². The number of methoxy groups -OCH3 is 1. The van der Waals surface area contributed by atoms with Crippen molar-refractivity contribution in [3.05, 3.63) is 95.6 Å². The van der Waals surface area contributed by atoms with Gasteiger partial charge in [-0.2, -0.15) is 0 Å². The third-order valence-corrected chi connectivity index (χ3v) is 4.96. The van der Waals surface area contributed by atoms with E-state index in [1.54, 1.807) is 61.7 Å². The molecule has 6 nitrogen and oxygen atoms in total. The Morgan fingerprint density at radius 2 is 1.72 bits per heavy atom. The van der Waals surface area contributed by atoms with Crippen LogP contribution in [0.2, 0.25) is 0 Å². The summed E-state index contributed by atoms with van der Waals surface area (Å²) in [6.07, 6.45) is 3.28. The molecule has 32 heavy (non-hydrogen) atoms. The monoisotopic (exact) mass is 430 g/mol. The SMILES string of the molecule is COc1cccc(C(=O)Nc2ccc(C(=O)/C=C/c3ccc(N(C)CCO)cc3)cc2)c1. The number of hydrogen-bond acceptors (Lipinski definition) is 5. The maximum Gasteiger partial charge on any atom is 0.255 e. The van der Waals surface area contributed by atoms with Crippen molar-refractivity contribution >= 4 is 29.1 Å². The smallest absolute Gasteiger partial charge is 0.255 e. The van der Waals surface area contributed by atoms with Crippen LogP contribution >= 0.6 is 0 Å². The third kappa shape index (κ3) is 6.06. The van der Waals surface area contributed by atoms with Crippen LogP contribution < -0.4 is 15.0 Å². The Bertz CT molecular complexity index is 1090. The highest BCUT2D eigenvalue weighted by atomic mass is 16.5. The highest BCUT2D eigenvalue weighted by Gasteiger charge is 2.08. The number of allylic oxidation sites excluding steroid dienone is 1. The van der Waals surface area contributed by atoms with E-state index in [-0.39, 0.29) is 18.3 Å². The number of benzene rings is 3. The second kappa shape index (κ2) is 10.9. The topological polar surface area (TPSA) is 78.9 Å². The number of rotatable bonds is 9. The van der Waals surface area contributed by atoms with Crippen LogP contribution in [0.15, 0.2) is 78.9 Å². The van der Waals surface area contributed by atoms with Gasteiger partial charge in [-0.15, -0.1) is 0 Å². The van der Waals surface area contributed by atoms with E-state index in [1.165, 1.54) is 6.08 Å². The lowest BCUT2D eigenvalue weighted by molar-refractivity contribution is 0.102. The highest BCUT2D eigenvalue weighted by Crippen LogP contribution is 2.17. The number of ketones is 1. The molecule has 0 saturated heterocycles. The molecule has 3 aromatic carbocycles. The van der Waals surface area contributed by atoms with Crippen LogP contribution in [0.1, 0.15) is 26.3 Å². The van der Waals surface area contributed by atoms with E-state index in [9.17, 15) is 9.59 Å². The molecular weight excluding hydrogens is 404 g/mol. The number of likely N-dealkylation sites (N-methyl/N-ethyl adjacent to an activating group) is 1. The zero-order valence-corrected chi connectivity index (χ0v) is 18.1. The minimum atomic E-state index is -0.254. The fraction of sp³-hybridized carbons (Fsp3) is 0.154. The fourth-order valence-electron chi connectivity index (χ4n) is 3.07. The van der Waals surface area contributed by atoms with E-state index in [2.05, 4.69) is 5.32 Å². The first-order valence-corrected chi connectivity index (χ1v) is 10.2. The van der Waals surface area contributed by atoms with E-state index in [4.69, 9.17) is 9.84 Å². The maximum atomic E-state index is 12.5. The summed E-state index contributed by atoms with van der Waals surface area (Å²) >= 11 is 0. The molecule has 1 amide bonds. The second-order valence-electron chi connectivity index (χ2n) is 7.20. The standard InChI is InChI=1S/C26H26N2O4/c1-28(16-17-29)23-13-6-19(7-14-23)8-15-25(30)20-9-11-22(12-10-20)27-26(31)21-4-3-5-24(18-21)32-2/h3-15,18,29H,16-17H2,1-2H3,(H,27,31)/b15-8+. The lowest BCUT2D eigenvalue weighted by atomic mass is 10.1. The molecule has 2 N–H and O–H groups in total. The van der Waals surface area contributed by atoms with Crippen LogP contribution in [0, 0.1) is 0 Å². The minimum absolute atomic E-state index is 0.0934. The molecule has 0 atom stereocenters. The van der Waals surface area contributed by atoms with Gasteiger partial charge in [-0.1, -0.05) is 24.3 Å². The summed E-state index contributed by atoms with van der Waals surface area (Å²) in [5, 5.41) is 11.8. The van der Waals surface area contributed by atoms with Crippen molar-refractivity contribution in [3.63, 3.8) is 0 Å². The molecule has 0 unspecified atom stereocenters. The van der Waals surface area contributed by atoms with Crippen molar-refractivity contribution in [3.8, 4) is 5.75 Å². The van der Waals surface area contributed by atoms with Gasteiger partial charge in [-0.3, -0.25) is 9.59 Å². The van der Waals surface area contributed by atoms with E-state index in [0.717, 1.165) is 11.3 Å². The normalized spacial score (nSPS) is 10.7. The zero-order chi connectivity index (χ0) is 22.9. The largest absolute Gasteiger partial charge is 0.497 e. The summed E-state index contributed by atoms with van der Waals surface area (Å²) < 4.78 is 5.14. The van der Waals surface area contributed by atoms with Gasteiger partial charge in [-0.05, 0) is 66.2 Å². The Kier molecular flexibility index (Phi) is 7.78. The van der Waals surface area contributed by atoms with Crippen LogP contribution in [0.25, 0.3) is 6.08 Å². The average molecular weight is 431 g/mol. The Morgan fingerprint density at radius 1 is 1.00 bits per heavy atom. The summed E-state index contributed by atoms with van der Waals surface area (Å²) in [7, 11) is 3.46. The lowest BCUT2D eigenvalue weighted by Gasteiger charge is -2.17. The second-order valence-corrected chi connectivity index (χ2v) is 7.20. The number of nitrogens with zero attached hydrogens (tertiary/aromatic N) is 1. The molecule has 0 aromatic heterocycles. The molecule has 3 rings (SSSR count). The number of ether oxygens (including phenoxy) is 1. The van der Waals surface area contributed by atoms with E-state index < -0.39 is 0 Å². The number of carbonyl (C=O) groups excluding carboxylic acids is 2. The number of anilines is 2. The number of aliphatic hydroxyl groups excluding tert-OH is 1. The molecule has 0 saturated carbocycles. The van der Waals surface area contributed by atoms with E-state index in [0.29, 0.717) is 29.1 Å². The molecule has 0 radical (unpaired) electrons. The van der Waals surface area contributed by atoms with Crippen LogP contribution in [0.4, 0.5) is 11.4 Å². The number of hydrogen-bond donors (Lipinski definition) is 2. The molecule has 0 fully saturated rings. The molecule has 0 heterocycles. The average Bonchev–Trinajstić information content (AvgIpc) is 2.83. The highest BCUT2D eigenvalue weighted by molar-refractivity contribution is 6.08. The number of aliphatic hydroxyl groups is 1. The van der Waals surface area contributed by atoms with Gasteiger partial charge >= 0.3 is 0 Å². The Labute approximate surface area is 187 Å². The van der Waals surface area contributed by atoms with Gasteiger partial charge in [-0.25, -0.2) is 0 Å². The Morgan fingerprint density at radius 3 is 2.38 bits per heavy atom. The molecule has 0 aliphatic rings. The molecule has 0 aliphatic carbocycles. The first kappa shape index (κ1) is 22.8. The lowest BCUT2D eigenvalue weighted by Crippen LogP contribution is -2.20. The van der Waals surface area contributed by atoms with Gasteiger partial charge in [0.15, 0.2) is 5.78 Å². The minimum Gasteiger partial charge on any atom is -0.497 e. The summed E-state index contributed by atoms with van der Waals surface area (Å²) in [4.78, 5) is 26.8.